The van der Waals surface area contributed by atoms with Crippen LogP contribution in [0.5, 0.6) is 0 Å². The van der Waals surface area contributed by atoms with Crippen LogP contribution in [0.3, 0.4) is 0 Å². The zero-order chi connectivity index (χ0) is 18.8. The molecule has 4 nitrogen and oxygen atoms in total. The Morgan fingerprint density at radius 1 is 1.26 bits per heavy atom. The minimum Gasteiger partial charge on any atom is -0.326 e. The highest BCUT2D eigenvalue weighted by molar-refractivity contribution is 7.98. The maximum absolute atomic E-state index is 12.5. The third-order valence-corrected chi connectivity index (χ3v) is 5.98. The van der Waals surface area contributed by atoms with E-state index >= 15 is 0 Å². The average molecular weight is 414 g/mol. The lowest BCUT2D eigenvalue weighted by Gasteiger charge is -2.06. The van der Waals surface area contributed by atoms with Gasteiger partial charge in [-0.25, -0.2) is 4.98 Å². The number of nitrogens with one attached hydrogen (secondary N) is 1. The van der Waals surface area contributed by atoms with Gasteiger partial charge in [-0.15, -0.1) is 23.1 Å². The quantitative estimate of drug-likeness (QED) is 0.432. The highest BCUT2D eigenvalue weighted by Gasteiger charge is 2.13. The number of thiazole rings is 1. The molecule has 0 radical (unpaired) electrons. The second kappa shape index (κ2) is 7.76. The van der Waals surface area contributed by atoms with Gasteiger partial charge in [0.25, 0.3) is 0 Å². The lowest BCUT2D eigenvalue weighted by Crippen LogP contribution is -2.15. The van der Waals surface area contributed by atoms with Crippen LogP contribution in [-0.2, 0) is 11.2 Å². The molecule has 4 rings (SSSR count). The first-order valence-electron chi connectivity index (χ1n) is 8.28. The van der Waals surface area contributed by atoms with Gasteiger partial charge in [-0.2, -0.15) is 0 Å². The summed E-state index contributed by atoms with van der Waals surface area (Å²) < 4.78 is 1.98. The number of amides is 1. The highest BCUT2D eigenvalue weighted by Crippen LogP contribution is 2.25. The molecule has 2 heterocycles. The predicted octanol–water partition coefficient (Wildman–Crippen LogP) is 5.62. The van der Waals surface area contributed by atoms with Gasteiger partial charge in [-0.1, -0.05) is 29.8 Å². The van der Waals surface area contributed by atoms with Gasteiger partial charge in [0.1, 0.15) is 0 Å². The summed E-state index contributed by atoms with van der Waals surface area (Å²) >= 11 is 9.13. The van der Waals surface area contributed by atoms with E-state index in [1.165, 1.54) is 11.3 Å². The Balaban J connectivity index is 1.53. The van der Waals surface area contributed by atoms with Gasteiger partial charge in [-0.05, 0) is 36.6 Å². The Labute approximate surface area is 170 Å². The first kappa shape index (κ1) is 18.1. The number of aromatic nitrogens is 2. The van der Waals surface area contributed by atoms with Crippen LogP contribution in [-0.4, -0.2) is 21.5 Å². The average Bonchev–Trinajstić information content (AvgIpc) is 3.24. The molecule has 0 aliphatic heterocycles. The summed E-state index contributed by atoms with van der Waals surface area (Å²) in [5.41, 5.74) is 3.60. The summed E-state index contributed by atoms with van der Waals surface area (Å²) in [6, 6.07) is 15.4. The number of fused-ring (bicyclic) bond motifs is 1. The van der Waals surface area contributed by atoms with Crippen molar-refractivity contribution in [2.24, 2.45) is 0 Å². The SMILES string of the molecule is CSc1cccc(NC(=O)Cc2csc3nc(-c4ccc(Cl)cc4)cn23)c1. The summed E-state index contributed by atoms with van der Waals surface area (Å²) in [6.07, 6.45) is 4.27. The molecule has 2 aromatic heterocycles. The van der Waals surface area contributed by atoms with Gasteiger partial charge in [-0.3, -0.25) is 9.20 Å². The van der Waals surface area contributed by atoms with Crippen LogP contribution in [0.25, 0.3) is 16.2 Å². The Hall–Kier alpha value is -2.28. The van der Waals surface area contributed by atoms with Gasteiger partial charge in [0.05, 0.1) is 12.1 Å². The van der Waals surface area contributed by atoms with E-state index in [9.17, 15) is 4.79 Å². The number of hydrogen-bond donors (Lipinski definition) is 1. The summed E-state index contributed by atoms with van der Waals surface area (Å²) in [5, 5.41) is 5.64. The number of halogens is 1. The minimum absolute atomic E-state index is 0.0466. The van der Waals surface area contributed by atoms with Gasteiger partial charge in [0.15, 0.2) is 4.96 Å². The third kappa shape index (κ3) is 4.03. The molecular formula is C20H16ClN3OS2. The molecule has 27 heavy (non-hydrogen) atoms. The van der Waals surface area contributed by atoms with E-state index in [-0.39, 0.29) is 5.91 Å². The molecule has 0 atom stereocenters. The van der Waals surface area contributed by atoms with Gasteiger partial charge >= 0.3 is 0 Å². The molecular weight excluding hydrogens is 398 g/mol. The number of carbonyl (C=O) groups excluding carboxylic acids is 1. The van der Waals surface area contributed by atoms with Crippen LogP contribution in [0.2, 0.25) is 5.02 Å². The number of rotatable bonds is 5. The molecule has 0 fully saturated rings. The maximum atomic E-state index is 12.5. The number of carbonyl (C=O) groups is 1. The van der Waals surface area contributed by atoms with E-state index < -0.39 is 0 Å². The second-order valence-electron chi connectivity index (χ2n) is 5.97. The smallest absolute Gasteiger partial charge is 0.230 e. The highest BCUT2D eigenvalue weighted by atomic mass is 35.5. The minimum atomic E-state index is -0.0466. The van der Waals surface area contributed by atoms with E-state index in [1.54, 1.807) is 11.8 Å². The molecule has 0 saturated heterocycles. The fourth-order valence-electron chi connectivity index (χ4n) is 2.79. The number of benzene rings is 2. The molecule has 0 unspecified atom stereocenters. The largest absolute Gasteiger partial charge is 0.326 e. The fourth-order valence-corrected chi connectivity index (χ4v) is 4.25. The number of imidazole rings is 1. The predicted molar refractivity (Wildman–Crippen MR) is 114 cm³/mol. The monoisotopic (exact) mass is 413 g/mol. The lowest BCUT2D eigenvalue weighted by atomic mass is 10.2. The van der Waals surface area contributed by atoms with E-state index in [0.717, 1.165) is 32.5 Å². The van der Waals surface area contributed by atoms with Crippen molar-refractivity contribution in [3.63, 3.8) is 0 Å². The van der Waals surface area contributed by atoms with E-state index in [2.05, 4.69) is 10.3 Å². The molecule has 4 aromatic rings. The van der Waals surface area contributed by atoms with Gasteiger partial charge < -0.3 is 5.32 Å². The van der Waals surface area contributed by atoms with Crippen molar-refractivity contribution in [1.82, 2.24) is 9.38 Å². The topological polar surface area (TPSA) is 46.4 Å². The van der Waals surface area contributed by atoms with Crippen molar-refractivity contribution >= 4 is 51.3 Å². The summed E-state index contributed by atoms with van der Waals surface area (Å²) in [6.45, 7) is 0. The molecule has 0 saturated carbocycles. The van der Waals surface area contributed by atoms with Crippen LogP contribution in [0.1, 0.15) is 5.69 Å². The van der Waals surface area contributed by atoms with Crippen molar-refractivity contribution < 1.29 is 4.79 Å². The number of thioether (sulfide) groups is 1. The first-order chi connectivity index (χ1) is 13.1. The Morgan fingerprint density at radius 3 is 2.85 bits per heavy atom. The first-order valence-corrected chi connectivity index (χ1v) is 10.8. The molecule has 2 aromatic carbocycles. The maximum Gasteiger partial charge on any atom is 0.230 e. The van der Waals surface area contributed by atoms with Crippen molar-refractivity contribution in [2.75, 3.05) is 11.6 Å². The molecule has 0 aliphatic carbocycles. The Kier molecular flexibility index (Phi) is 5.20. The molecule has 0 spiro atoms. The molecule has 1 amide bonds. The normalized spacial score (nSPS) is 11.0. The van der Waals surface area contributed by atoms with E-state index in [1.807, 2.05) is 70.8 Å². The van der Waals surface area contributed by atoms with Crippen LogP contribution in [0, 0.1) is 0 Å². The third-order valence-electron chi connectivity index (χ3n) is 4.12. The number of anilines is 1. The second-order valence-corrected chi connectivity index (χ2v) is 8.12. The number of hydrogen-bond acceptors (Lipinski definition) is 4. The molecule has 0 bridgehead atoms. The van der Waals surface area contributed by atoms with Crippen LogP contribution in [0.4, 0.5) is 5.69 Å². The van der Waals surface area contributed by atoms with E-state index in [0.29, 0.717) is 11.4 Å². The Morgan fingerprint density at radius 2 is 2.07 bits per heavy atom. The molecule has 1 N–H and O–H groups in total. The molecule has 136 valence electrons. The zero-order valence-corrected chi connectivity index (χ0v) is 16.9. The number of nitrogens with zero attached hydrogens (tertiary/aromatic N) is 2. The van der Waals surface area contributed by atoms with Crippen molar-refractivity contribution in [3.05, 3.63) is 70.8 Å². The van der Waals surface area contributed by atoms with Crippen LogP contribution in [0.15, 0.2) is 65.0 Å². The summed E-state index contributed by atoms with van der Waals surface area (Å²) in [7, 11) is 0. The summed E-state index contributed by atoms with van der Waals surface area (Å²) in [5.74, 6) is -0.0466. The van der Waals surface area contributed by atoms with Crippen molar-refractivity contribution in [1.29, 1.82) is 0 Å². The molecule has 7 heteroatoms. The van der Waals surface area contributed by atoms with E-state index in [4.69, 9.17) is 11.6 Å². The Bertz CT molecular complexity index is 1100. The van der Waals surface area contributed by atoms with Crippen LogP contribution >= 0.6 is 34.7 Å². The zero-order valence-electron chi connectivity index (χ0n) is 14.5. The lowest BCUT2D eigenvalue weighted by molar-refractivity contribution is -0.115. The van der Waals surface area contributed by atoms with Gasteiger partial charge in [0.2, 0.25) is 5.91 Å². The van der Waals surface area contributed by atoms with Crippen LogP contribution < -0.4 is 5.32 Å². The summed E-state index contributed by atoms with van der Waals surface area (Å²) in [4.78, 5) is 19.1. The molecule has 0 aliphatic rings. The standard InChI is InChI=1S/C20H16ClN3OS2/c1-26-17-4-2-3-15(9-17)22-19(25)10-16-12-27-20-23-18(11-24(16)20)13-5-7-14(21)8-6-13/h2-9,11-12H,10H2,1H3,(H,22,25). The fraction of sp³-hybridized carbons (Fsp3) is 0.100. The van der Waals surface area contributed by atoms with Crippen molar-refractivity contribution in [2.45, 2.75) is 11.3 Å². The van der Waals surface area contributed by atoms with Gasteiger partial charge in [0, 0.05) is 38.4 Å². The van der Waals surface area contributed by atoms with Crippen molar-refractivity contribution in [3.8, 4) is 11.3 Å².